The third kappa shape index (κ3) is 2.64. The molecule has 0 bridgehead atoms. The van der Waals surface area contributed by atoms with Crippen LogP contribution in [0.3, 0.4) is 0 Å². The van der Waals surface area contributed by atoms with Crippen LogP contribution in [0, 0.1) is 0 Å². The molecule has 6 heteroatoms. The van der Waals surface area contributed by atoms with E-state index in [1.165, 1.54) is 24.2 Å². The second kappa shape index (κ2) is 5.78. The van der Waals surface area contributed by atoms with E-state index in [-0.39, 0.29) is 4.87 Å². The van der Waals surface area contributed by atoms with E-state index in [4.69, 9.17) is 9.47 Å². The lowest BCUT2D eigenvalue weighted by atomic mass is 10.1. The Balaban J connectivity index is 1.68. The van der Waals surface area contributed by atoms with Crippen LogP contribution < -0.4 is 14.3 Å². The van der Waals surface area contributed by atoms with Gasteiger partial charge >= 0.3 is 4.87 Å². The van der Waals surface area contributed by atoms with Crippen molar-refractivity contribution in [3.63, 3.8) is 0 Å². The molecule has 0 amide bonds. The topological polar surface area (TPSA) is 54.6 Å². The lowest BCUT2D eigenvalue weighted by molar-refractivity contribution is 0.171. The van der Waals surface area contributed by atoms with Crippen molar-refractivity contribution in [2.75, 3.05) is 26.3 Å². The Hall–Kier alpha value is -1.79. The molecular formula is C16H18N2O3S. The molecule has 2 aliphatic rings. The van der Waals surface area contributed by atoms with Gasteiger partial charge in [0.25, 0.3) is 0 Å². The van der Waals surface area contributed by atoms with Crippen molar-refractivity contribution in [1.29, 1.82) is 0 Å². The fourth-order valence-corrected chi connectivity index (χ4v) is 3.94. The van der Waals surface area contributed by atoms with Crippen molar-refractivity contribution >= 4 is 11.3 Å². The van der Waals surface area contributed by atoms with E-state index in [9.17, 15) is 4.79 Å². The Labute approximate surface area is 132 Å². The van der Waals surface area contributed by atoms with Gasteiger partial charge in [0.1, 0.15) is 13.2 Å². The summed E-state index contributed by atoms with van der Waals surface area (Å²) in [4.78, 5) is 18.3. The normalized spacial score (nSPS) is 17.8. The number of benzene rings is 1. The van der Waals surface area contributed by atoms with Gasteiger partial charge in [-0.3, -0.25) is 9.69 Å². The number of rotatable bonds is 3. The largest absolute Gasteiger partial charge is 0.486 e. The van der Waals surface area contributed by atoms with Crippen molar-refractivity contribution in [2.24, 2.45) is 0 Å². The average Bonchev–Trinajstić information content (AvgIpc) is 3.17. The molecular weight excluding hydrogens is 300 g/mol. The molecule has 116 valence electrons. The summed E-state index contributed by atoms with van der Waals surface area (Å²) in [6.45, 7) is 4.23. The second-order valence-electron chi connectivity index (χ2n) is 5.65. The molecule has 0 radical (unpaired) electrons. The molecule has 2 aliphatic heterocycles. The van der Waals surface area contributed by atoms with Gasteiger partial charge < -0.3 is 14.5 Å². The van der Waals surface area contributed by atoms with Crippen LogP contribution in [-0.2, 0) is 6.54 Å². The number of hydrogen-bond donors (Lipinski definition) is 1. The molecule has 1 saturated heterocycles. The number of likely N-dealkylation sites (tertiary alicyclic amines) is 1. The molecule has 0 saturated carbocycles. The summed E-state index contributed by atoms with van der Waals surface area (Å²) in [6.07, 6.45) is 2.50. The summed E-state index contributed by atoms with van der Waals surface area (Å²) < 4.78 is 11.2. The standard InChI is InChI=1S/C16H18N2O3S/c19-16-17-15(14(22-16)10-18-5-1-2-6-18)11-3-4-12-13(9-11)21-8-7-20-12/h3-4,9H,1-2,5-8,10H2,(H,17,19). The molecule has 1 aromatic heterocycles. The van der Waals surface area contributed by atoms with Crippen molar-refractivity contribution in [3.05, 3.63) is 32.7 Å². The zero-order chi connectivity index (χ0) is 14.9. The van der Waals surface area contributed by atoms with Gasteiger partial charge in [-0.15, -0.1) is 0 Å². The first kappa shape index (κ1) is 13.8. The summed E-state index contributed by atoms with van der Waals surface area (Å²) in [6, 6.07) is 5.86. The highest BCUT2D eigenvalue weighted by Gasteiger charge is 2.19. The SMILES string of the molecule is O=c1[nH]c(-c2ccc3c(c2)OCCO3)c(CN2CCCC2)s1. The van der Waals surface area contributed by atoms with E-state index >= 15 is 0 Å². The van der Waals surface area contributed by atoms with Crippen LogP contribution in [0.15, 0.2) is 23.0 Å². The molecule has 0 unspecified atom stereocenters. The maximum Gasteiger partial charge on any atom is 0.305 e. The molecule has 22 heavy (non-hydrogen) atoms. The number of aromatic amines is 1. The minimum absolute atomic E-state index is 0.000846. The predicted molar refractivity (Wildman–Crippen MR) is 85.9 cm³/mol. The first-order valence-corrected chi connectivity index (χ1v) is 8.45. The molecule has 5 nitrogen and oxygen atoms in total. The Morgan fingerprint density at radius 1 is 1.14 bits per heavy atom. The van der Waals surface area contributed by atoms with Gasteiger partial charge in [0.2, 0.25) is 0 Å². The number of nitrogens with one attached hydrogen (secondary N) is 1. The van der Waals surface area contributed by atoms with E-state index in [1.54, 1.807) is 0 Å². The van der Waals surface area contributed by atoms with E-state index in [1.807, 2.05) is 18.2 Å². The number of nitrogens with zero attached hydrogens (tertiary/aromatic N) is 1. The van der Waals surface area contributed by atoms with Gasteiger partial charge in [0, 0.05) is 17.0 Å². The first-order chi connectivity index (χ1) is 10.8. The molecule has 0 aliphatic carbocycles. The molecule has 1 aromatic carbocycles. The highest BCUT2D eigenvalue weighted by Crippen LogP contribution is 2.35. The highest BCUT2D eigenvalue weighted by atomic mass is 32.1. The van der Waals surface area contributed by atoms with Crippen molar-refractivity contribution in [1.82, 2.24) is 9.88 Å². The Kier molecular flexibility index (Phi) is 3.63. The fourth-order valence-electron chi connectivity index (χ4n) is 3.05. The molecule has 1 fully saturated rings. The van der Waals surface area contributed by atoms with Crippen LogP contribution in [0.2, 0.25) is 0 Å². The van der Waals surface area contributed by atoms with Gasteiger partial charge in [-0.05, 0) is 44.1 Å². The zero-order valence-corrected chi connectivity index (χ0v) is 13.1. The minimum atomic E-state index is -0.000846. The Morgan fingerprint density at radius 2 is 1.91 bits per heavy atom. The second-order valence-corrected chi connectivity index (χ2v) is 6.72. The molecule has 1 N–H and O–H groups in total. The first-order valence-electron chi connectivity index (χ1n) is 7.64. The van der Waals surface area contributed by atoms with Gasteiger partial charge in [-0.1, -0.05) is 11.3 Å². The minimum Gasteiger partial charge on any atom is -0.486 e. The highest BCUT2D eigenvalue weighted by molar-refractivity contribution is 7.09. The summed E-state index contributed by atoms with van der Waals surface area (Å²) in [5, 5.41) is 0. The maximum atomic E-state index is 11.8. The third-order valence-electron chi connectivity index (χ3n) is 4.12. The maximum absolute atomic E-state index is 11.8. The monoisotopic (exact) mass is 318 g/mol. The lowest BCUT2D eigenvalue weighted by Gasteiger charge is -2.19. The number of hydrogen-bond acceptors (Lipinski definition) is 5. The number of aromatic nitrogens is 1. The summed E-state index contributed by atoms with van der Waals surface area (Å²) in [5.41, 5.74) is 1.90. The zero-order valence-electron chi connectivity index (χ0n) is 12.3. The fraction of sp³-hybridized carbons (Fsp3) is 0.438. The molecule has 3 heterocycles. The third-order valence-corrected chi connectivity index (χ3v) is 4.99. The number of fused-ring (bicyclic) bond motifs is 1. The van der Waals surface area contributed by atoms with Crippen LogP contribution >= 0.6 is 11.3 Å². The van der Waals surface area contributed by atoms with Crippen LogP contribution in [0.5, 0.6) is 11.5 Å². The van der Waals surface area contributed by atoms with Gasteiger partial charge in [-0.25, -0.2) is 0 Å². The van der Waals surface area contributed by atoms with Crippen LogP contribution in [-0.4, -0.2) is 36.2 Å². The number of thiazole rings is 1. The Bertz CT molecular complexity index is 731. The lowest BCUT2D eigenvalue weighted by Crippen LogP contribution is -2.18. The van der Waals surface area contributed by atoms with E-state index in [0.717, 1.165) is 47.3 Å². The molecule has 2 aromatic rings. The van der Waals surface area contributed by atoms with E-state index in [0.29, 0.717) is 13.2 Å². The van der Waals surface area contributed by atoms with Gasteiger partial charge in [0.15, 0.2) is 11.5 Å². The van der Waals surface area contributed by atoms with Crippen LogP contribution in [0.1, 0.15) is 17.7 Å². The van der Waals surface area contributed by atoms with Crippen molar-refractivity contribution < 1.29 is 9.47 Å². The van der Waals surface area contributed by atoms with E-state index < -0.39 is 0 Å². The van der Waals surface area contributed by atoms with Crippen LogP contribution in [0.4, 0.5) is 0 Å². The molecule has 0 atom stereocenters. The number of H-pyrrole nitrogens is 1. The molecule has 4 rings (SSSR count). The van der Waals surface area contributed by atoms with Crippen LogP contribution in [0.25, 0.3) is 11.3 Å². The van der Waals surface area contributed by atoms with Crippen molar-refractivity contribution in [3.8, 4) is 22.8 Å². The summed E-state index contributed by atoms with van der Waals surface area (Å²) in [5.74, 6) is 1.52. The van der Waals surface area contributed by atoms with Gasteiger partial charge in [0.05, 0.1) is 5.69 Å². The number of ether oxygens (including phenoxy) is 2. The van der Waals surface area contributed by atoms with E-state index in [2.05, 4.69) is 9.88 Å². The van der Waals surface area contributed by atoms with Crippen molar-refractivity contribution in [2.45, 2.75) is 19.4 Å². The average molecular weight is 318 g/mol. The smallest absolute Gasteiger partial charge is 0.305 e. The Morgan fingerprint density at radius 3 is 2.73 bits per heavy atom. The summed E-state index contributed by atoms with van der Waals surface area (Å²) in [7, 11) is 0. The summed E-state index contributed by atoms with van der Waals surface area (Å²) >= 11 is 1.31. The quantitative estimate of drug-likeness (QED) is 0.944. The van der Waals surface area contributed by atoms with Gasteiger partial charge in [-0.2, -0.15) is 0 Å². The molecule has 0 spiro atoms. The predicted octanol–water partition coefficient (Wildman–Crippen LogP) is 2.47.